The molecule has 0 fully saturated rings. The Morgan fingerprint density at radius 3 is 0.828 bits per heavy atom. The van der Waals surface area contributed by atoms with Gasteiger partial charge in [0.05, 0.1) is 11.1 Å². The van der Waals surface area contributed by atoms with Crippen molar-refractivity contribution in [2.75, 3.05) is 18.9 Å². The second kappa shape index (κ2) is 15.9. The smallest absolute Gasteiger partial charge is 0.187 e. The van der Waals surface area contributed by atoms with Crippen molar-refractivity contribution in [2.24, 2.45) is 0 Å². The topological polar surface area (TPSA) is 335 Å². The highest BCUT2D eigenvalue weighted by Crippen LogP contribution is 2.31. The predicted octanol–water partition coefficient (Wildman–Crippen LogP) is -7.04. The maximum Gasteiger partial charge on any atom is 0.187 e. The molecule has 18 heteroatoms. The van der Waals surface area contributed by atoms with E-state index >= 15 is 0 Å². The zero-order chi connectivity index (χ0) is 22.2. The molecule has 0 aliphatic rings. The monoisotopic (exact) mass is 499 g/mol. The lowest BCUT2D eigenvalue weighted by Crippen LogP contribution is -3.12. The summed E-state index contributed by atoms with van der Waals surface area (Å²) in [6.07, 6.45) is -3.73. The summed E-state index contributed by atoms with van der Waals surface area (Å²) in [4.78, 5) is 55.8. The van der Waals surface area contributed by atoms with Gasteiger partial charge in [0.1, 0.15) is 18.9 Å². The molecule has 0 saturated heterocycles. The van der Waals surface area contributed by atoms with E-state index in [9.17, 15) is 28.4 Å². The van der Waals surface area contributed by atoms with Crippen LogP contribution < -0.4 is 31.0 Å². The summed E-state index contributed by atoms with van der Waals surface area (Å²) < 4.78 is 31.3. The van der Waals surface area contributed by atoms with Crippen LogP contribution in [0.4, 0.5) is 0 Å². The highest BCUT2D eigenvalue weighted by Gasteiger charge is 2.23. The molecule has 0 spiro atoms. The zero-order valence-electron chi connectivity index (χ0n) is 17.7. The summed E-state index contributed by atoms with van der Waals surface area (Å²) in [5.74, 6) is 0. The second-order valence-corrected chi connectivity index (χ2v) is 13.0. The molecule has 0 aromatic heterocycles. The van der Waals surface area contributed by atoms with Crippen molar-refractivity contribution in [1.29, 1.82) is 0 Å². The quantitative estimate of drug-likeness (QED) is 0.189. The third-order valence-electron chi connectivity index (χ3n) is 1.27. The van der Waals surface area contributed by atoms with Gasteiger partial charge in [-0.1, -0.05) is 0 Å². The van der Waals surface area contributed by atoms with Gasteiger partial charge in [0.2, 0.25) is 0 Å². The van der Waals surface area contributed by atoms with E-state index in [0.29, 0.717) is 0 Å². The van der Waals surface area contributed by atoms with Crippen LogP contribution in [0.25, 0.3) is 0 Å². The van der Waals surface area contributed by atoms with Gasteiger partial charge in [-0.15, -0.1) is 0 Å². The predicted molar refractivity (Wildman–Crippen MR) is 101 cm³/mol. The SMILES string of the molecule is CC(C)(C)[NH3+].CC(C)(C)[NH3+].O.O.O.O=P([O-])(O)C[NH+](CP(=O)([O-])O)CP(=O)([O-])O. The number of hydrogen-bond acceptors (Lipinski definition) is 6. The fourth-order valence-corrected chi connectivity index (χ4v) is 3.89. The molecule has 0 saturated carbocycles. The van der Waals surface area contributed by atoms with Crippen molar-refractivity contribution in [2.45, 2.75) is 52.6 Å². The van der Waals surface area contributed by atoms with E-state index in [1.807, 2.05) is 0 Å². The van der Waals surface area contributed by atoms with E-state index < -0.39 is 46.5 Å². The summed E-state index contributed by atoms with van der Waals surface area (Å²) in [5, 5.41) is 0. The molecule has 15 nitrogen and oxygen atoms in total. The molecule has 0 aliphatic heterocycles. The average Bonchev–Trinajstić information content (AvgIpc) is 1.99. The summed E-state index contributed by atoms with van der Waals surface area (Å²) in [6, 6.07) is 0. The summed E-state index contributed by atoms with van der Waals surface area (Å²) >= 11 is 0. The first-order chi connectivity index (χ1) is 10.8. The molecule has 0 rings (SSSR count). The highest BCUT2D eigenvalue weighted by molar-refractivity contribution is 7.51. The van der Waals surface area contributed by atoms with Crippen molar-refractivity contribution in [3.8, 4) is 0 Å². The summed E-state index contributed by atoms with van der Waals surface area (Å²) in [6.45, 7) is 12.5. The van der Waals surface area contributed by atoms with Crippen LogP contribution in [-0.2, 0) is 13.7 Å². The molecular formula is C11H40N3O12P3. The zero-order valence-corrected chi connectivity index (χ0v) is 20.4. The van der Waals surface area contributed by atoms with E-state index in [-0.39, 0.29) is 27.5 Å². The van der Waals surface area contributed by atoms with Crippen LogP contribution in [0.15, 0.2) is 0 Å². The molecule has 3 atom stereocenters. The molecular weight excluding hydrogens is 459 g/mol. The van der Waals surface area contributed by atoms with Crippen molar-refractivity contribution < 1.29 is 75.9 Å². The van der Waals surface area contributed by atoms with E-state index in [0.717, 1.165) is 0 Å². The number of quaternary nitrogens is 3. The first-order valence-electron chi connectivity index (χ1n) is 7.41. The molecule has 186 valence electrons. The Morgan fingerprint density at radius 2 is 0.759 bits per heavy atom. The van der Waals surface area contributed by atoms with Gasteiger partial charge in [-0.25, -0.2) is 0 Å². The third kappa shape index (κ3) is 83.8. The Hall–Kier alpha value is 0.210. The molecule has 29 heavy (non-hydrogen) atoms. The van der Waals surface area contributed by atoms with E-state index in [2.05, 4.69) is 53.0 Å². The molecule has 16 N–H and O–H groups in total. The fraction of sp³-hybridized carbons (Fsp3) is 1.00. The maximum atomic E-state index is 10.4. The number of hydrogen-bond donors (Lipinski definition) is 6. The van der Waals surface area contributed by atoms with Gasteiger partial charge in [0.25, 0.3) is 0 Å². The van der Waals surface area contributed by atoms with Crippen LogP contribution in [0.2, 0.25) is 0 Å². The molecule has 0 heterocycles. The molecule has 0 aliphatic carbocycles. The minimum absolute atomic E-state index is 0. The molecule has 0 radical (unpaired) electrons. The minimum Gasteiger partial charge on any atom is -0.775 e. The third-order valence-corrected chi connectivity index (χ3v) is 3.81. The molecule has 0 aromatic carbocycles. The largest absolute Gasteiger partial charge is 0.775 e. The van der Waals surface area contributed by atoms with Gasteiger partial charge in [0, 0.05) is 0 Å². The standard InChI is InChI=1S/2C4H11N.C3H12NO9P3.3H2O/c2*1-4(2,3)5;5-14(6,7)1-4(2-15(8,9)10)3-16(11,12)13;;;/h2*5H2,1-3H3;1-3H2,(H2,5,6,7)(H2,8,9,10)(H2,11,12,13);3*1H2. The normalized spacial score (nSPS) is 18.0. The Morgan fingerprint density at radius 1 is 0.655 bits per heavy atom. The van der Waals surface area contributed by atoms with Crippen LogP contribution in [0.3, 0.4) is 0 Å². The highest BCUT2D eigenvalue weighted by atomic mass is 31.2. The van der Waals surface area contributed by atoms with Crippen LogP contribution in [0.5, 0.6) is 0 Å². The molecule has 0 aromatic rings. The Kier molecular flexibility index (Phi) is 23.7. The number of rotatable bonds is 6. The van der Waals surface area contributed by atoms with E-state index in [1.54, 1.807) is 0 Å². The molecule has 0 amide bonds. The van der Waals surface area contributed by atoms with Crippen LogP contribution in [0.1, 0.15) is 41.5 Å². The lowest BCUT2D eigenvalue weighted by Gasteiger charge is -2.30. The lowest BCUT2D eigenvalue weighted by molar-refractivity contribution is -0.870. The van der Waals surface area contributed by atoms with Gasteiger partial charge in [-0.3, -0.25) is 0 Å². The van der Waals surface area contributed by atoms with Crippen LogP contribution in [0, 0.1) is 0 Å². The van der Waals surface area contributed by atoms with Gasteiger partial charge < -0.3 is 75.9 Å². The average molecular weight is 499 g/mol. The van der Waals surface area contributed by atoms with Gasteiger partial charge in [-0.05, 0) is 41.5 Å². The fourth-order valence-electron chi connectivity index (χ4n) is 0.998. The van der Waals surface area contributed by atoms with Crippen molar-refractivity contribution in [3.05, 3.63) is 0 Å². The van der Waals surface area contributed by atoms with Crippen molar-refractivity contribution >= 4 is 22.8 Å². The summed E-state index contributed by atoms with van der Waals surface area (Å²) in [7, 11) is -14.8. The first-order valence-corrected chi connectivity index (χ1v) is 12.7. The first kappa shape index (κ1) is 43.2. The van der Waals surface area contributed by atoms with E-state index in [1.165, 1.54) is 0 Å². The van der Waals surface area contributed by atoms with Crippen molar-refractivity contribution in [3.63, 3.8) is 0 Å². The van der Waals surface area contributed by atoms with Crippen molar-refractivity contribution in [1.82, 2.24) is 0 Å². The van der Waals surface area contributed by atoms with Gasteiger partial charge in [0.15, 0.2) is 22.8 Å². The van der Waals surface area contributed by atoms with Crippen LogP contribution in [-0.4, -0.2) is 61.0 Å². The van der Waals surface area contributed by atoms with Gasteiger partial charge >= 0.3 is 0 Å². The summed E-state index contributed by atoms with van der Waals surface area (Å²) in [5.41, 5.74) is 8.04. The Balaban J connectivity index is -0.0000000855. The lowest BCUT2D eigenvalue weighted by atomic mass is 10.1. The number of nitrogens with one attached hydrogen (secondary N) is 1. The Labute approximate surface area is 170 Å². The minimum atomic E-state index is -4.92. The maximum absolute atomic E-state index is 10.4. The Bertz CT molecular complexity index is 450. The van der Waals surface area contributed by atoms with E-state index in [4.69, 9.17) is 14.7 Å². The molecule has 3 unspecified atom stereocenters. The second-order valence-electron chi connectivity index (χ2n) is 8.26. The van der Waals surface area contributed by atoms with Gasteiger partial charge in [-0.2, -0.15) is 0 Å². The molecule has 0 bridgehead atoms. The van der Waals surface area contributed by atoms with Crippen LogP contribution >= 0.6 is 22.8 Å².